The van der Waals surface area contributed by atoms with Crippen molar-refractivity contribution in [3.63, 3.8) is 0 Å². The van der Waals surface area contributed by atoms with Gasteiger partial charge in [-0.1, -0.05) is 20.3 Å². The van der Waals surface area contributed by atoms with E-state index in [1.54, 1.807) is 0 Å². The SMILES string of the molecule is CCC(C)[C@H](N)C(=O)N1CCCO1. The third-order valence-electron chi connectivity index (χ3n) is 2.54. The van der Waals surface area contributed by atoms with Gasteiger partial charge in [0.15, 0.2) is 0 Å². The first kappa shape index (κ1) is 10.5. The Labute approximate surface area is 79.0 Å². The Hall–Kier alpha value is -0.610. The van der Waals surface area contributed by atoms with Gasteiger partial charge in [-0.3, -0.25) is 9.63 Å². The molecule has 1 unspecified atom stereocenters. The van der Waals surface area contributed by atoms with Crippen molar-refractivity contribution in [1.82, 2.24) is 5.06 Å². The smallest absolute Gasteiger partial charge is 0.263 e. The molecule has 1 aliphatic rings. The fourth-order valence-electron chi connectivity index (χ4n) is 1.28. The topological polar surface area (TPSA) is 55.6 Å². The molecule has 4 nitrogen and oxygen atoms in total. The van der Waals surface area contributed by atoms with Crippen LogP contribution in [0.5, 0.6) is 0 Å². The van der Waals surface area contributed by atoms with E-state index in [0.717, 1.165) is 12.8 Å². The van der Waals surface area contributed by atoms with Crippen LogP contribution in [0.3, 0.4) is 0 Å². The first-order valence-corrected chi connectivity index (χ1v) is 4.86. The minimum atomic E-state index is -0.414. The van der Waals surface area contributed by atoms with Crippen molar-refractivity contribution < 1.29 is 9.63 Å². The van der Waals surface area contributed by atoms with Crippen LogP contribution >= 0.6 is 0 Å². The van der Waals surface area contributed by atoms with Crippen LogP contribution in [0.15, 0.2) is 0 Å². The summed E-state index contributed by atoms with van der Waals surface area (Å²) in [7, 11) is 0. The van der Waals surface area contributed by atoms with Gasteiger partial charge in [0.05, 0.1) is 19.2 Å². The summed E-state index contributed by atoms with van der Waals surface area (Å²) < 4.78 is 0. The zero-order valence-corrected chi connectivity index (χ0v) is 8.32. The second-order valence-electron chi connectivity index (χ2n) is 3.54. The van der Waals surface area contributed by atoms with Crippen molar-refractivity contribution in [3.8, 4) is 0 Å². The molecule has 1 aliphatic heterocycles. The molecule has 2 N–H and O–H groups in total. The normalized spacial score (nSPS) is 21.6. The Balaban J connectivity index is 2.45. The van der Waals surface area contributed by atoms with Crippen molar-refractivity contribution in [2.45, 2.75) is 32.7 Å². The highest BCUT2D eigenvalue weighted by Gasteiger charge is 2.27. The standard InChI is InChI=1S/C9H18N2O2/c1-3-7(2)8(10)9(12)11-5-4-6-13-11/h7-8H,3-6,10H2,1-2H3/t7?,8-/m0/s1. The quantitative estimate of drug-likeness (QED) is 0.699. The van der Waals surface area contributed by atoms with E-state index in [2.05, 4.69) is 0 Å². The van der Waals surface area contributed by atoms with Crippen LogP contribution in [-0.2, 0) is 9.63 Å². The van der Waals surface area contributed by atoms with E-state index in [1.165, 1.54) is 5.06 Å². The molecule has 1 saturated heterocycles. The van der Waals surface area contributed by atoms with Crippen LogP contribution in [-0.4, -0.2) is 30.2 Å². The molecule has 1 amide bonds. The lowest BCUT2D eigenvalue weighted by molar-refractivity contribution is -0.171. The molecule has 0 aromatic carbocycles. The number of rotatable bonds is 3. The van der Waals surface area contributed by atoms with Crippen LogP contribution in [0, 0.1) is 5.92 Å². The fraction of sp³-hybridized carbons (Fsp3) is 0.889. The summed E-state index contributed by atoms with van der Waals surface area (Å²) in [4.78, 5) is 16.8. The molecule has 13 heavy (non-hydrogen) atoms. The second kappa shape index (κ2) is 4.58. The van der Waals surface area contributed by atoms with Crippen molar-refractivity contribution >= 4 is 5.91 Å². The van der Waals surface area contributed by atoms with Gasteiger partial charge in [0, 0.05) is 0 Å². The van der Waals surface area contributed by atoms with E-state index in [1.807, 2.05) is 13.8 Å². The predicted molar refractivity (Wildman–Crippen MR) is 49.7 cm³/mol. The van der Waals surface area contributed by atoms with Gasteiger partial charge in [-0.2, -0.15) is 0 Å². The van der Waals surface area contributed by atoms with Crippen molar-refractivity contribution in [2.24, 2.45) is 11.7 Å². The van der Waals surface area contributed by atoms with Gasteiger partial charge in [-0.15, -0.1) is 0 Å². The number of amides is 1. The van der Waals surface area contributed by atoms with E-state index in [4.69, 9.17) is 10.6 Å². The first-order chi connectivity index (χ1) is 6.16. The molecule has 0 spiro atoms. The summed E-state index contributed by atoms with van der Waals surface area (Å²) in [6, 6.07) is -0.414. The van der Waals surface area contributed by atoms with Crippen LogP contribution in [0.2, 0.25) is 0 Å². The van der Waals surface area contributed by atoms with Crippen LogP contribution in [0.1, 0.15) is 26.7 Å². The molecule has 1 heterocycles. The lowest BCUT2D eigenvalue weighted by Crippen LogP contribution is -2.45. The Morgan fingerprint density at radius 2 is 2.38 bits per heavy atom. The summed E-state index contributed by atoms with van der Waals surface area (Å²) in [5.74, 6) is 0.142. The molecule has 1 rings (SSSR count). The zero-order valence-electron chi connectivity index (χ0n) is 8.32. The third kappa shape index (κ3) is 2.42. The molecule has 0 bridgehead atoms. The van der Waals surface area contributed by atoms with Gasteiger partial charge in [-0.25, -0.2) is 5.06 Å². The van der Waals surface area contributed by atoms with Crippen LogP contribution < -0.4 is 5.73 Å². The highest BCUT2D eigenvalue weighted by Crippen LogP contribution is 2.12. The fourth-order valence-corrected chi connectivity index (χ4v) is 1.28. The van der Waals surface area contributed by atoms with Gasteiger partial charge in [-0.05, 0) is 12.3 Å². The number of hydroxylamine groups is 2. The van der Waals surface area contributed by atoms with Gasteiger partial charge in [0.1, 0.15) is 0 Å². The Morgan fingerprint density at radius 1 is 1.69 bits per heavy atom. The Morgan fingerprint density at radius 3 is 2.85 bits per heavy atom. The lowest BCUT2D eigenvalue weighted by Gasteiger charge is -2.22. The highest BCUT2D eigenvalue weighted by molar-refractivity contribution is 5.81. The van der Waals surface area contributed by atoms with Crippen LogP contribution in [0.25, 0.3) is 0 Å². The molecule has 2 atom stereocenters. The van der Waals surface area contributed by atoms with Crippen LogP contribution in [0.4, 0.5) is 0 Å². The number of hydrogen-bond acceptors (Lipinski definition) is 3. The number of nitrogens with two attached hydrogens (primary N) is 1. The van der Waals surface area contributed by atoms with E-state index in [-0.39, 0.29) is 11.8 Å². The van der Waals surface area contributed by atoms with E-state index < -0.39 is 6.04 Å². The first-order valence-electron chi connectivity index (χ1n) is 4.86. The van der Waals surface area contributed by atoms with Crippen molar-refractivity contribution in [1.29, 1.82) is 0 Å². The Kier molecular flexibility index (Phi) is 3.69. The summed E-state index contributed by atoms with van der Waals surface area (Å²) in [6.45, 7) is 5.34. The highest BCUT2D eigenvalue weighted by atomic mass is 16.7. The molecular formula is C9H18N2O2. The van der Waals surface area contributed by atoms with Gasteiger partial charge >= 0.3 is 0 Å². The minimum absolute atomic E-state index is 0.0770. The molecule has 0 aromatic rings. The van der Waals surface area contributed by atoms with E-state index in [0.29, 0.717) is 13.2 Å². The molecule has 4 heteroatoms. The molecular weight excluding hydrogens is 168 g/mol. The average Bonchev–Trinajstić information content (AvgIpc) is 2.67. The number of nitrogens with zero attached hydrogens (tertiary/aromatic N) is 1. The maximum Gasteiger partial charge on any atom is 0.263 e. The zero-order chi connectivity index (χ0) is 9.84. The Bertz CT molecular complexity index is 178. The lowest BCUT2D eigenvalue weighted by atomic mass is 9.99. The van der Waals surface area contributed by atoms with Crippen molar-refractivity contribution in [3.05, 3.63) is 0 Å². The van der Waals surface area contributed by atoms with Gasteiger partial charge in [0.25, 0.3) is 5.91 Å². The predicted octanol–water partition coefficient (Wildman–Crippen LogP) is 0.524. The van der Waals surface area contributed by atoms with Crippen molar-refractivity contribution in [2.75, 3.05) is 13.2 Å². The summed E-state index contributed by atoms with van der Waals surface area (Å²) in [5.41, 5.74) is 5.78. The minimum Gasteiger partial charge on any atom is -0.320 e. The second-order valence-corrected chi connectivity index (χ2v) is 3.54. The van der Waals surface area contributed by atoms with E-state index >= 15 is 0 Å². The molecule has 0 aliphatic carbocycles. The van der Waals surface area contributed by atoms with E-state index in [9.17, 15) is 4.79 Å². The van der Waals surface area contributed by atoms with Gasteiger partial charge < -0.3 is 5.73 Å². The van der Waals surface area contributed by atoms with Gasteiger partial charge in [0.2, 0.25) is 0 Å². The average molecular weight is 186 g/mol. The largest absolute Gasteiger partial charge is 0.320 e. The number of carbonyl (C=O) groups excluding carboxylic acids is 1. The monoisotopic (exact) mass is 186 g/mol. The summed E-state index contributed by atoms with van der Waals surface area (Å²) >= 11 is 0. The number of carbonyl (C=O) groups is 1. The maximum atomic E-state index is 11.6. The summed E-state index contributed by atoms with van der Waals surface area (Å²) in [6.07, 6.45) is 1.83. The summed E-state index contributed by atoms with van der Waals surface area (Å²) in [5, 5.41) is 1.40. The molecule has 1 fully saturated rings. The number of hydrogen-bond donors (Lipinski definition) is 1. The molecule has 0 saturated carbocycles. The molecule has 0 aromatic heterocycles. The molecule has 0 radical (unpaired) electrons. The maximum absolute atomic E-state index is 11.6. The third-order valence-corrected chi connectivity index (χ3v) is 2.54. The molecule has 76 valence electrons.